The van der Waals surface area contributed by atoms with Crippen molar-refractivity contribution in [3.05, 3.63) is 15.1 Å². The van der Waals surface area contributed by atoms with Crippen molar-refractivity contribution in [2.45, 2.75) is 58.5 Å². The molecule has 0 radical (unpaired) electrons. The van der Waals surface area contributed by atoms with Gasteiger partial charge < -0.3 is 10.1 Å². The summed E-state index contributed by atoms with van der Waals surface area (Å²) in [7, 11) is 0. The monoisotopic (exact) mass is 389 g/mol. The van der Waals surface area contributed by atoms with Crippen LogP contribution in [0.2, 0.25) is 0 Å². The molecule has 2 rings (SSSR count). The van der Waals surface area contributed by atoms with E-state index in [1.54, 1.807) is 0 Å². The second-order valence-corrected chi connectivity index (χ2v) is 6.30. The molecular weight excluding hydrogens is 365 g/mol. The van der Waals surface area contributed by atoms with E-state index < -0.39 is 0 Å². The van der Waals surface area contributed by atoms with Gasteiger partial charge in [0.15, 0.2) is 0 Å². The lowest BCUT2D eigenvalue weighted by molar-refractivity contribution is 0.0156. The zero-order valence-corrected chi connectivity index (χ0v) is 14.6. The van der Waals surface area contributed by atoms with E-state index in [4.69, 9.17) is 14.7 Å². The highest BCUT2D eigenvalue weighted by Gasteiger charge is 2.18. The third-order valence-electron chi connectivity index (χ3n) is 3.53. The van der Waals surface area contributed by atoms with E-state index >= 15 is 0 Å². The van der Waals surface area contributed by atoms with Gasteiger partial charge in [0.1, 0.15) is 11.6 Å². The number of hydrogen-bond acceptors (Lipinski definition) is 4. The molecule has 1 aromatic heterocycles. The maximum atomic E-state index is 5.80. The first-order chi connectivity index (χ1) is 9.74. The Bertz CT molecular complexity index is 433. The van der Waals surface area contributed by atoms with Crippen LogP contribution in [0.1, 0.15) is 51.0 Å². The van der Waals surface area contributed by atoms with Crippen molar-refractivity contribution in [1.29, 1.82) is 0 Å². The minimum Gasteiger partial charge on any atom is -0.378 e. The molecular formula is C15H24IN3O. The molecule has 1 atom stereocenters. The average molecular weight is 389 g/mol. The molecule has 0 bridgehead atoms. The van der Waals surface area contributed by atoms with Gasteiger partial charge in [0.2, 0.25) is 0 Å². The standard InChI is InChI=1S/C15H24IN3O/c1-3-8-17-15-14(16)12(4-2)18-13(19-15)10-11-7-5-6-9-20-11/h11H,3-10H2,1-2H3,(H,17,18,19). The fourth-order valence-electron chi connectivity index (χ4n) is 2.40. The van der Waals surface area contributed by atoms with Crippen molar-refractivity contribution >= 4 is 28.4 Å². The Labute approximate surface area is 135 Å². The summed E-state index contributed by atoms with van der Waals surface area (Å²) in [4.78, 5) is 9.42. The molecule has 1 aliphatic rings. The quantitative estimate of drug-likeness (QED) is 0.756. The number of aromatic nitrogens is 2. The molecule has 1 aromatic rings. The summed E-state index contributed by atoms with van der Waals surface area (Å²) < 4.78 is 6.96. The molecule has 0 amide bonds. The van der Waals surface area contributed by atoms with E-state index in [0.717, 1.165) is 59.7 Å². The smallest absolute Gasteiger partial charge is 0.143 e. The van der Waals surface area contributed by atoms with Crippen molar-refractivity contribution in [1.82, 2.24) is 9.97 Å². The maximum absolute atomic E-state index is 5.80. The topological polar surface area (TPSA) is 47.0 Å². The van der Waals surface area contributed by atoms with Gasteiger partial charge in [-0.1, -0.05) is 13.8 Å². The summed E-state index contributed by atoms with van der Waals surface area (Å²) in [5, 5.41) is 3.42. The van der Waals surface area contributed by atoms with Crippen molar-refractivity contribution in [3.63, 3.8) is 0 Å². The van der Waals surface area contributed by atoms with Crippen molar-refractivity contribution in [3.8, 4) is 0 Å². The number of anilines is 1. The van der Waals surface area contributed by atoms with Gasteiger partial charge in [0.25, 0.3) is 0 Å². The molecule has 0 spiro atoms. The van der Waals surface area contributed by atoms with Gasteiger partial charge in [0, 0.05) is 19.6 Å². The lowest BCUT2D eigenvalue weighted by atomic mass is 10.1. The van der Waals surface area contributed by atoms with E-state index in [2.05, 4.69) is 41.8 Å². The molecule has 0 aliphatic carbocycles. The van der Waals surface area contributed by atoms with E-state index in [1.165, 1.54) is 12.8 Å². The predicted octanol–water partition coefficient (Wildman–Crippen LogP) is 3.58. The molecule has 5 heteroatoms. The molecule has 1 unspecified atom stereocenters. The molecule has 1 aliphatic heterocycles. The van der Waals surface area contributed by atoms with Crippen LogP contribution < -0.4 is 5.32 Å². The van der Waals surface area contributed by atoms with Crippen LogP contribution in [0, 0.1) is 3.57 Å². The first-order valence-electron chi connectivity index (χ1n) is 7.65. The highest BCUT2D eigenvalue weighted by Crippen LogP contribution is 2.22. The molecule has 20 heavy (non-hydrogen) atoms. The molecule has 0 aromatic carbocycles. The highest BCUT2D eigenvalue weighted by molar-refractivity contribution is 14.1. The maximum Gasteiger partial charge on any atom is 0.143 e. The normalized spacial score (nSPS) is 19.1. The third-order valence-corrected chi connectivity index (χ3v) is 4.66. The summed E-state index contributed by atoms with van der Waals surface area (Å²) in [5.74, 6) is 1.91. The van der Waals surface area contributed by atoms with Crippen molar-refractivity contribution < 1.29 is 4.74 Å². The number of nitrogens with zero attached hydrogens (tertiary/aromatic N) is 2. The van der Waals surface area contributed by atoms with E-state index in [9.17, 15) is 0 Å². The number of hydrogen-bond donors (Lipinski definition) is 1. The number of halogens is 1. The zero-order chi connectivity index (χ0) is 14.4. The van der Waals surface area contributed by atoms with Crippen LogP contribution in [0.25, 0.3) is 0 Å². The minimum absolute atomic E-state index is 0.299. The number of aryl methyl sites for hydroxylation is 1. The second-order valence-electron chi connectivity index (χ2n) is 5.22. The summed E-state index contributed by atoms with van der Waals surface area (Å²) in [5.41, 5.74) is 1.14. The Balaban J connectivity index is 2.14. The molecule has 0 saturated carbocycles. The molecule has 1 saturated heterocycles. The van der Waals surface area contributed by atoms with Crippen molar-refractivity contribution in [2.75, 3.05) is 18.5 Å². The minimum atomic E-state index is 0.299. The molecule has 2 heterocycles. The van der Waals surface area contributed by atoms with Crippen LogP contribution in [0.4, 0.5) is 5.82 Å². The Kier molecular flexibility index (Phi) is 6.48. The SMILES string of the molecule is CCCNc1nc(CC2CCCCO2)nc(CC)c1I. The summed E-state index contributed by atoms with van der Waals surface area (Å²) in [6, 6.07) is 0. The number of nitrogens with one attached hydrogen (secondary N) is 1. The van der Waals surface area contributed by atoms with E-state index in [1.807, 2.05) is 0 Å². The van der Waals surface area contributed by atoms with Crippen LogP contribution in [0.3, 0.4) is 0 Å². The van der Waals surface area contributed by atoms with Crippen LogP contribution in [0.5, 0.6) is 0 Å². The highest BCUT2D eigenvalue weighted by atomic mass is 127. The van der Waals surface area contributed by atoms with Crippen LogP contribution in [-0.4, -0.2) is 29.2 Å². The lowest BCUT2D eigenvalue weighted by Gasteiger charge is -2.22. The van der Waals surface area contributed by atoms with Crippen LogP contribution in [-0.2, 0) is 17.6 Å². The first-order valence-corrected chi connectivity index (χ1v) is 8.73. The van der Waals surface area contributed by atoms with Gasteiger partial charge in [-0.25, -0.2) is 9.97 Å². The van der Waals surface area contributed by atoms with Crippen molar-refractivity contribution in [2.24, 2.45) is 0 Å². The van der Waals surface area contributed by atoms with Gasteiger partial charge >= 0.3 is 0 Å². The third kappa shape index (κ3) is 4.28. The largest absolute Gasteiger partial charge is 0.378 e. The van der Waals surface area contributed by atoms with E-state index in [-0.39, 0.29) is 0 Å². The van der Waals surface area contributed by atoms with E-state index in [0.29, 0.717) is 6.10 Å². The average Bonchev–Trinajstić information content (AvgIpc) is 2.48. The van der Waals surface area contributed by atoms with Crippen LogP contribution in [0.15, 0.2) is 0 Å². The number of ether oxygens (including phenoxy) is 1. The number of rotatable bonds is 6. The Morgan fingerprint density at radius 2 is 2.15 bits per heavy atom. The molecule has 1 N–H and O–H groups in total. The summed E-state index contributed by atoms with van der Waals surface area (Å²) in [6.45, 7) is 6.15. The van der Waals surface area contributed by atoms with Gasteiger partial charge in [-0.05, 0) is 54.7 Å². The van der Waals surface area contributed by atoms with Gasteiger partial charge in [-0.2, -0.15) is 0 Å². The second kappa shape index (κ2) is 8.12. The Hall–Kier alpha value is -0.430. The molecule has 112 valence electrons. The zero-order valence-electron chi connectivity index (χ0n) is 12.4. The first kappa shape index (κ1) is 15.9. The lowest BCUT2D eigenvalue weighted by Crippen LogP contribution is -2.23. The van der Waals surface area contributed by atoms with Gasteiger partial charge in [-0.15, -0.1) is 0 Å². The summed E-state index contributed by atoms with van der Waals surface area (Å²) in [6.07, 6.45) is 6.76. The fraction of sp³-hybridized carbons (Fsp3) is 0.733. The Morgan fingerprint density at radius 1 is 1.30 bits per heavy atom. The molecule has 4 nitrogen and oxygen atoms in total. The van der Waals surface area contributed by atoms with Gasteiger partial charge in [0.05, 0.1) is 15.4 Å². The van der Waals surface area contributed by atoms with Crippen LogP contribution >= 0.6 is 22.6 Å². The fourth-order valence-corrected chi connectivity index (χ4v) is 3.22. The predicted molar refractivity (Wildman–Crippen MR) is 90.2 cm³/mol. The Morgan fingerprint density at radius 3 is 2.80 bits per heavy atom. The summed E-state index contributed by atoms with van der Waals surface area (Å²) >= 11 is 2.35. The molecule has 1 fully saturated rings. The van der Waals surface area contributed by atoms with Gasteiger partial charge in [-0.3, -0.25) is 0 Å².